The second-order valence-electron chi connectivity index (χ2n) is 0. The summed E-state index contributed by atoms with van der Waals surface area (Å²) in [6.45, 7) is 0. The minimum atomic E-state index is 0. The molecular weight excluding hydrogens is 303 g/mol. The van der Waals surface area contributed by atoms with Gasteiger partial charge >= 0.3 is 0 Å². The van der Waals surface area contributed by atoms with E-state index in [1.807, 2.05) is 0 Å². The molecule has 0 fully saturated rings. The normalized spacial score (nSPS) is 1.33. The first-order valence-corrected chi connectivity index (χ1v) is 0.400. The first kappa shape index (κ1) is 55.2. The van der Waals surface area contributed by atoms with Crippen molar-refractivity contribution in [2.24, 2.45) is 0 Å². The zero-order chi connectivity index (χ0) is 4.00. The Hall–Kier alpha value is 3.41. The summed E-state index contributed by atoms with van der Waals surface area (Å²) in [5.74, 6) is 0. The van der Waals surface area contributed by atoms with Crippen LogP contribution >= 0.6 is 0 Å². The molecule has 48 valence electrons. The van der Waals surface area contributed by atoms with E-state index >= 15 is 0 Å². The van der Waals surface area contributed by atoms with Crippen molar-refractivity contribution in [3.63, 3.8) is 0 Å². The molecule has 0 atom stereocenters. The summed E-state index contributed by atoms with van der Waals surface area (Å²) >= 11 is 0. The molecule has 0 aromatic carbocycles. The van der Waals surface area contributed by atoms with Crippen molar-refractivity contribution >= 4 is 0 Å². The quantitative estimate of drug-likeness (QED) is 0.289. The van der Waals surface area contributed by atoms with Gasteiger partial charge in [-0.1, -0.05) is 0 Å². The summed E-state index contributed by atoms with van der Waals surface area (Å²) in [5, 5.41) is 24.0. The largest absolute Gasteiger partial charge is 0.255 e. The zero-order valence-corrected chi connectivity index (χ0v) is 12.1. The molecule has 0 saturated carbocycles. The van der Waals surface area contributed by atoms with Crippen LogP contribution in [0.5, 0.6) is 0 Å². The third-order valence-electron chi connectivity index (χ3n) is 0. The smallest absolute Gasteiger partial charge is 0 e. The number of rotatable bonds is 0. The van der Waals surface area contributed by atoms with Gasteiger partial charge in [-0.15, -0.1) is 0 Å². The van der Waals surface area contributed by atoms with Crippen LogP contribution in [-0.4, -0.2) is 21.0 Å². The Morgan fingerprint density at radius 1 is 0.333 bits per heavy atom. The van der Waals surface area contributed by atoms with Crippen LogP contribution in [0.1, 0.15) is 0 Å². The predicted octanol–water partition coefficient (Wildman–Crippen LogP) is 0.0223. The Kier molecular flexibility index (Phi) is 652. The Morgan fingerprint density at radius 3 is 0.333 bits per heavy atom. The molecular formula is H4O4Ti5. The van der Waals surface area contributed by atoms with Gasteiger partial charge in [0.05, 0.1) is 0 Å². The van der Waals surface area contributed by atoms with Crippen molar-refractivity contribution < 1.29 is 130 Å². The number of hydrogen-bond acceptors (Lipinski definition) is 4. The average molecular weight is 307 g/mol. The van der Waals surface area contributed by atoms with Gasteiger partial charge in [0, 0.05) is 109 Å². The summed E-state index contributed by atoms with van der Waals surface area (Å²) in [4.78, 5) is 0. The summed E-state index contributed by atoms with van der Waals surface area (Å²) in [7, 11) is 0. The molecule has 0 aromatic heterocycles. The van der Waals surface area contributed by atoms with Crippen LogP contribution in [0, 0.1) is 0 Å². The summed E-state index contributed by atoms with van der Waals surface area (Å²) in [6.07, 6.45) is 0. The van der Waals surface area contributed by atoms with Crippen LogP contribution in [0.3, 0.4) is 0 Å². The molecule has 0 aliphatic carbocycles. The Balaban J connectivity index is -0.00000000114. The van der Waals surface area contributed by atoms with Crippen LogP contribution in [0.15, 0.2) is 0 Å². The second kappa shape index (κ2) is 106. The van der Waals surface area contributed by atoms with E-state index in [0.29, 0.717) is 0 Å². The van der Waals surface area contributed by atoms with Gasteiger partial charge in [-0.2, -0.15) is 0 Å². The van der Waals surface area contributed by atoms with Crippen molar-refractivity contribution in [1.82, 2.24) is 0 Å². The standard InChI is InChI=1S/2H2O2.5Ti/c2*1-2;;;;;/h2*1-2H;;;;;. The van der Waals surface area contributed by atoms with E-state index in [1.165, 1.54) is 0 Å². The first-order chi connectivity index (χ1) is 2.00. The van der Waals surface area contributed by atoms with Crippen molar-refractivity contribution in [2.75, 3.05) is 0 Å². The molecule has 9 heavy (non-hydrogen) atoms. The molecule has 0 aliphatic heterocycles. The molecule has 0 amide bonds. The molecule has 0 aromatic rings. The van der Waals surface area contributed by atoms with E-state index < -0.39 is 0 Å². The van der Waals surface area contributed by atoms with Gasteiger partial charge in [0.2, 0.25) is 0 Å². The van der Waals surface area contributed by atoms with Crippen LogP contribution in [0.25, 0.3) is 0 Å². The topological polar surface area (TPSA) is 80.9 Å². The van der Waals surface area contributed by atoms with Gasteiger partial charge in [-0.25, -0.2) is 0 Å². The molecule has 4 nitrogen and oxygen atoms in total. The van der Waals surface area contributed by atoms with Crippen LogP contribution in [0.4, 0.5) is 0 Å². The maximum absolute atomic E-state index is 6.00. The van der Waals surface area contributed by atoms with E-state index in [-0.39, 0.29) is 109 Å². The van der Waals surface area contributed by atoms with E-state index in [2.05, 4.69) is 0 Å². The van der Waals surface area contributed by atoms with Crippen molar-refractivity contribution in [3.05, 3.63) is 0 Å². The molecule has 9 heteroatoms. The molecule has 0 heterocycles. The molecule has 4 N–H and O–H groups in total. The molecule has 0 aliphatic rings. The predicted molar refractivity (Wildman–Crippen MR) is 10.5 cm³/mol. The SMILES string of the molecule is OO.OO.[Ti].[Ti].[Ti].[Ti].[Ti]. The van der Waals surface area contributed by atoms with Gasteiger partial charge in [-0.3, -0.25) is 21.0 Å². The third-order valence-corrected chi connectivity index (χ3v) is 0. The van der Waals surface area contributed by atoms with Gasteiger partial charge < -0.3 is 0 Å². The average Bonchev–Trinajstić information content (AvgIpc) is 1.50. The van der Waals surface area contributed by atoms with Gasteiger partial charge in [0.15, 0.2) is 0 Å². The monoisotopic (exact) mass is 308 g/mol. The zero-order valence-electron chi connectivity index (χ0n) is 4.29. The van der Waals surface area contributed by atoms with E-state index in [1.54, 1.807) is 0 Å². The third kappa shape index (κ3) is 86.9. The fourth-order valence-electron chi connectivity index (χ4n) is 0. The molecule has 0 radical (unpaired) electrons. The molecule has 0 spiro atoms. The van der Waals surface area contributed by atoms with Crippen LogP contribution < -0.4 is 0 Å². The Labute approximate surface area is 127 Å². The Bertz CT molecular complexity index is 8.92. The first-order valence-electron chi connectivity index (χ1n) is 0.400. The van der Waals surface area contributed by atoms with E-state index in [9.17, 15) is 0 Å². The molecule has 0 saturated heterocycles. The molecule has 0 rings (SSSR count). The second-order valence-corrected chi connectivity index (χ2v) is 0. The maximum atomic E-state index is 6.00. The van der Waals surface area contributed by atoms with Crippen molar-refractivity contribution in [3.8, 4) is 0 Å². The van der Waals surface area contributed by atoms with E-state index in [4.69, 9.17) is 21.0 Å². The van der Waals surface area contributed by atoms with Crippen LogP contribution in [0.2, 0.25) is 0 Å². The van der Waals surface area contributed by atoms with Crippen molar-refractivity contribution in [2.45, 2.75) is 0 Å². The van der Waals surface area contributed by atoms with Crippen LogP contribution in [-0.2, 0) is 109 Å². The molecule has 0 bridgehead atoms. The number of hydrogen-bond donors (Lipinski definition) is 4. The van der Waals surface area contributed by atoms with Gasteiger partial charge in [0.25, 0.3) is 0 Å². The Morgan fingerprint density at radius 2 is 0.333 bits per heavy atom. The van der Waals surface area contributed by atoms with Crippen molar-refractivity contribution in [1.29, 1.82) is 0 Å². The van der Waals surface area contributed by atoms with Gasteiger partial charge in [-0.05, 0) is 0 Å². The minimum absolute atomic E-state index is 0. The van der Waals surface area contributed by atoms with Gasteiger partial charge in [0.1, 0.15) is 0 Å². The molecule has 0 unspecified atom stereocenters. The maximum Gasteiger partial charge on any atom is 0 e. The fraction of sp³-hybridized carbons (Fsp3) is 0. The summed E-state index contributed by atoms with van der Waals surface area (Å²) in [5.41, 5.74) is 0. The summed E-state index contributed by atoms with van der Waals surface area (Å²) in [6, 6.07) is 0. The minimum Gasteiger partial charge on any atom is -0.255 e. The van der Waals surface area contributed by atoms with E-state index in [0.717, 1.165) is 0 Å². The summed E-state index contributed by atoms with van der Waals surface area (Å²) < 4.78 is 0. The fourth-order valence-corrected chi connectivity index (χ4v) is 0.